The summed E-state index contributed by atoms with van der Waals surface area (Å²) in [6, 6.07) is 0. The van der Waals surface area contributed by atoms with Crippen LogP contribution in [0.25, 0.3) is 0 Å². The van der Waals surface area contributed by atoms with Gasteiger partial charge in [0.1, 0.15) is 16.8 Å². The molecule has 110 valence electrons. The topological polar surface area (TPSA) is 29.0 Å². The lowest BCUT2D eigenvalue weighted by Gasteiger charge is -2.29. The highest BCUT2D eigenvalue weighted by atomic mass is 35.5. The van der Waals surface area contributed by atoms with Crippen LogP contribution >= 0.6 is 11.6 Å². The van der Waals surface area contributed by atoms with E-state index in [1.807, 2.05) is 6.92 Å². The quantitative estimate of drug-likeness (QED) is 0.789. The maximum Gasteiger partial charge on any atom is 0.137 e. The smallest absolute Gasteiger partial charge is 0.137 e. The van der Waals surface area contributed by atoms with E-state index in [1.165, 1.54) is 25.7 Å². The lowest BCUT2D eigenvalue weighted by atomic mass is 9.88. The van der Waals surface area contributed by atoms with E-state index >= 15 is 0 Å². The van der Waals surface area contributed by atoms with Crippen LogP contribution < -0.4 is 4.90 Å². The van der Waals surface area contributed by atoms with E-state index in [1.54, 1.807) is 0 Å². The van der Waals surface area contributed by atoms with Crippen LogP contribution in [-0.2, 0) is 6.42 Å². The van der Waals surface area contributed by atoms with Crippen molar-refractivity contribution in [1.82, 2.24) is 9.97 Å². The van der Waals surface area contributed by atoms with E-state index in [0.717, 1.165) is 47.9 Å². The molecule has 0 aromatic carbocycles. The molecule has 3 nitrogen and oxygen atoms in total. The number of halogens is 1. The molecule has 20 heavy (non-hydrogen) atoms. The van der Waals surface area contributed by atoms with Gasteiger partial charge in [0.05, 0.1) is 0 Å². The van der Waals surface area contributed by atoms with Crippen molar-refractivity contribution in [2.75, 3.05) is 18.5 Å². The summed E-state index contributed by atoms with van der Waals surface area (Å²) in [5, 5.41) is 0.603. The Morgan fingerprint density at radius 2 is 2.05 bits per heavy atom. The summed E-state index contributed by atoms with van der Waals surface area (Å²) in [4.78, 5) is 11.3. The number of anilines is 1. The minimum Gasteiger partial charge on any atom is -0.359 e. The van der Waals surface area contributed by atoms with Crippen LogP contribution in [0, 0.1) is 24.7 Å². The predicted molar refractivity (Wildman–Crippen MR) is 83.4 cm³/mol. The Labute approximate surface area is 126 Å². The average Bonchev–Trinajstić information content (AvgIpc) is 3.03. The maximum absolute atomic E-state index is 6.24. The molecule has 3 rings (SSSR count). The van der Waals surface area contributed by atoms with E-state index in [4.69, 9.17) is 11.6 Å². The minimum atomic E-state index is 0.603. The summed E-state index contributed by atoms with van der Waals surface area (Å²) in [5.41, 5.74) is 1.01. The Balaban J connectivity index is 1.76. The summed E-state index contributed by atoms with van der Waals surface area (Å²) < 4.78 is 0. The van der Waals surface area contributed by atoms with Crippen LogP contribution in [0.15, 0.2) is 0 Å². The predicted octanol–water partition coefficient (Wildman–Crippen LogP) is 3.87. The minimum absolute atomic E-state index is 0.603. The van der Waals surface area contributed by atoms with E-state index in [2.05, 4.69) is 28.8 Å². The maximum atomic E-state index is 6.24. The third-order valence-electron chi connectivity index (χ3n) is 5.18. The molecule has 2 fully saturated rings. The van der Waals surface area contributed by atoms with Crippen molar-refractivity contribution >= 4 is 17.4 Å². The number of hydrogen-bond donors (Lipinski definition) is 0. The monoisotopic (exact) mass is 293 g/mol. The third kappa shape index (κ3) is 2.52. The molecule has 0 aliphatic heterocycles. The highest BCUT2D eigenvalue weighted by molar-refractivity contribution is 6.30. The Bertz CT molecular complexity index is 503. The molecule has 0 radical (unpaired) electrons. The van der Waals surface area contributed by atoms with Crippen molar-refractivity contribution < 1.29 is 0 Å². The summed E-state index contributed by atoms with van der Waals surface area (Å²) in [6.07, 6.45) is 6.60. The second-order valence-electron chi connectivity index (χ2n) is 6.55. The van der Waals surface area contributed by atoms with Crippen LogP contribution in [-0.4, -0.2) is 23.6 Å². The molecule has 0 saturated heterocycles. The number of aryl methyl sites for hydroxylation is 1. The molecule has 2 saturated carbocycles. The molecule has 4 heteroatoms. The number of aromatic nitrogens is 2. The molecular weight excluding hydrogens is 270 g/mol. The highest BCUT2D eigenvalue weighted by Gasteiger charge is 2.39. The second kappa shape index (κ2) is 5.51. The normalized spacial score (nSPS) is 28.1. The van der Waals surface area contributed by atoms with Gasteiger partial charge in [-0.05, 0) is 43.9 Å². The average molecular weight is 294 g/mol. The highest BCUT2D eigenvalue weighted by Crippen LogP contribution is 2.48. The summed E-state index contributed by atoms with van der Waals surface area (Å²) in [6.45, 7) is 5.20. The Hall–Kier alpha value is -0.830. The second-order valence-corrected chi connectivity index (χ2v) is 6.91. The van der Waals surface area contributed by atoms with Gasteiger partial charge < -0.3 is 4.90 Å². The molecule has 0 amide bonds. The van der Waals surface area contributed by atoms with Crippen LogP contribution in [0.3, 0.4) is 0 Å². The summed E-state index contributed by atoms with van der Waals surface area (Å²) in [7, 11) is 2.15. The van der Waals surface area contributed by atoms with Gasteiger partial charge in [-0.15, -0.1) is 0 Å². The first-order valence-corrected chi connectivity index (χ1v) is 8.20. The molecule has 3 atom stereocenters. The Morgan fingerprint density at radius 3 is 2.65 bits per heavy atom. The lowest BCUT2D eigenvalue weighted by molar-refractivity contribution is 0.337. The van der Waals surface area contributed by atoms with Crippen molar-refractivity contribution in [1.29, 1.82) is 0 Å². The fourth-order valence-corrected chi connectivity index (χ4v) is 4.27. The molecule has 2 aliphatic carbocycles. The van der Waals surface area contributed by atoms with Gasteiger partial charge in [0.25, 0.3) is 0 Å². The van der Waals surface area contributed by atoms with Gasteiger partial charge in [-0.3, -0.25) is 0 Å². The molecule has 2 bridgehead atoms. The van der Waals surface area contributed by atoms with Crippen LogP contribution in [0.2, 0.25) is 5.15 Å². The van der Waals surface area contributed by atoms with Gasteiger partial charge in [0.2, 0.25) is 0 Å². The first kappa shape index (κ1) is 14.1. The molecular formula is C16H24ClN3. The zero-order valence-corrected chi connectivity index (χ0v) is 13.5. The van der Waals surface area contributed by atoms with E-state index in [0.29, 0.717) is 5.15 Å². The number of nitrogens with zero attached hydrogens (tertiary/aromatic N) is 3. The van der Waals surface area contributed by atoms with Crippen LogP contribution in [0.5, 0.6) is 0 Å². The molecule has 0 spiro atoms. The van der Waals surface area contributed by atoms with Crippen molar-refractivity contribution in [3.05, 3.63) is 16.5 Å². The van der Waals surface area contributed by atoms with E-state index < -0.39 is 0 Å². The Kier molecular flexibility index (Phi) is 3.89. The van der Waals surface area contributed by atoms with Gasteiger partial charge in [-0.1, -0.05) is 24.9 Å². The van der Waals surface area contributed by atoms with Crippen molar-refractivity contribution in [3.8, 4) is 0 Å². The molecule has 3 unspecified atom stereocenters. The Morgan fingerprint density at radius 1 is 1.25 bits per heavy atom. The van der Waals surface area contributed by atoms with E-state index in [-0.39, 0.29) is 0 Å². The molecule has 0 N–H and O–H groups in total. The van der Waals surface area contributed by atoms with Gasteiger partial charge in [0, 0.05) is 25.6 Å². The number of fused-ring (bicyclic) bond motifs is 2. The summed E-state index contributed by atoms with van der Waals surface area (Å²) in [5.74, 6) is 4.65. The number of hydrogen-bond acceptors (Lipinski definition) is 3. The third-order valence-corrected chi connectivity index (χ3v) is 5.55. The first-order valence-electron chi connectivity index (χ1n) is 7.82. The first-order chi connectivity index (χ1) is 9.58. The standard InChI is InChI=1S/C16H24ClN3/c1-4-14-18-15(17)10(2)16(19-14)20(3)9-13-8-11-5-6-12(13)7-11/h11-13H,4-9H2,1-3H3. The molecule has 2 aliphatic rings. The fraction of sp³-hybridized carbons (Fsp3) is 0.750. The molecule has 1 aromatic rings. The van der Waals surface area contributed by atoms with E-state index in [9.17, 15) is 0 Å². The van der Waals surface area contributed by atoms with Crippen molar-refractivity contribution in [2.45, 2.75) is 46.0 Å². The molecule has 1 aromatic heterocycles. The van der Waals surface area contributed by atoms with Gasteiger partial charge >= 0.3 is 0 Å². The summed E-state index contributed by atoms with van der Waals surface area (Å²) >= 11 is 6.24. The zero-order chi connectivity index (χ0) is 14.3. The SMILES string of the molecule is CCc1nc(Cl)c(C)c(N(C)CC2CC3CCC2C3)n1. The van der Waals surface area contributed by atoms with Gasteiger partial charge in [-0.2, -0.15) is 0 Å². The zero-order valence-electron chi connectivity index (χ0n) is 12.7. The largest absolute Gasteiger partial charge is 0.359 e. The van der Waals surface area contributed by atoms with Crippen LogP contribution in [0.4, 0.5) is 5.82 Å². The van der Waals surface area contributed by atoms with Gasteiger partial charge in [0.15, 0.2) is 0 Å². The van der Waals surface area contributed by atoms with Gasteiger partial charge in [-0.25, -0.2) is 9.97 Å². The van der Waals surface area contributed by atoms with Crippen molar-refractivity contribution in [3.63, 3.8) is 0 Å². The fourth-order valence-electron chi connectivity index (χ4n) is 4.09. The molecule has 1 heterocycles. The number of rotatable bonds is 4. The van der Waals surface area contributed by atoms with Crippen LogP contribution in [0.1, 0.15) is 44.0 Å². The lowest BCUT2D eigenvalue weighted by Crippen LogP contribution is -2.30. The van der Waals surface area contributed by atoms with Crippen molar-refractivity contribution in [2.24, 2.45) is 17.8 Å².